The van der Waals surface area contributed by atoms with E-state index in [2.05, 4.69) is 9.71 Å². The molecule has 0 saturated carbocycles. The Balaban J connectivity index is 1.51. The zero-order valence-corrected chi connectivity index (χ0v) is 16.7. The number of sulfonamides is 1. The number of amidine groups is 1. The molecule has 0 aromatic heterocycles. The van der Waals surface area contributed by atoms with E-state index < -0.39 is 10.0 Å². The van der Waals surface area contributed by atoms with E-state index >= 15 is 0 Å². The lowest BCUT2D eigenvalue weighted by Gasteiger charge is -2.32. The van der Waals surface area contributed by atoms with E-state index in [1.807, 2.05) is 11.8 Å². The monoisotopic (exact) mass is 407 g/mol. The van der Waals surface area contributed by atoms with Crippen LogP contribution in [0.1, 0.15) is 38.2 Å². The van der Waals surface area contributed by atoms with E-state index in [1.165, 1.54) is 0 Å². The van der Waals surface area contributed by atoms with Gasteiger partial charge in [0.1, 0.15) is 4.90 Å². The number of amides is 1. The Hall–Kier alpha value is -2.42. The summed E-state index contributed by atoms with van der Waals surface area (Å²) in [5, 5.41) is 2.71. The Kier molecular flexibility index (Phi) is 6.33. The van der Waals surface area contributed by atoms with Crippen molar-refractivity contribution >= 4 is 27.7 Å². The van der Waals surface area contributed by atoms with Crippen molar-refractivity contribution in [2.24, 2.45) is 10.3 Å². The van der Waals surface area contributed by atoms with Crippen molar-refractivity contribution in [3.63, 3.8) is 0 Å². The van der Waals surface area contributed by atoms with Gasteiger partial charge in [-0.2, -0.15) is 8.42 Å². The maximum atomic E-state index is 12.2. The third kappa shape index (κ3) is 4.52. The van der Waals surface area contributed by atoms with Crippen LogP contribution in [-0.4, -0.2) is 57.3 Å². The standard InChI is InChI=1S/C19H25N3O5S/c1-2-3-10-20-17(23)13-27-19(24)14-8-11-22(12-9-14)18-15-6-4-5-7-16(15)28(25,26)21-18/h4-7,14H,2-3,8-13H2,1H3,(H,20,23). The first-order valence-electron chi connectivity index (χ1n) is 9.55. The Morgan fingerprint density at radius 2 is 1.96 bits per heavy atom. The van der Waals surface area contributed by atoms with E-state index in [4.69, 9.17) is 4.74 Å². The second-order valence-electron chi connectivity index (χ2n) is 6.96. The molecule has 0 radical (unpaired) electrons. The number of likely N-dealkylation sites (tertiary alicyclic amines) is 1. The number of fused-ring (bicyclic) bond motifs is 1. The predicted octanol–water partition coefficient (Wildman–Crippen LogP) is 1.31. The van der Waals surface area contributed by atoms with Gasteiger partial charge in [-0.3, -0.25) is 9.59 Å². The summed E-state index contributed by atoms with van der Waals surface area (Å²) in [6.07, 6.45) is 2.92. The van der Waals surface area contributed by atoms with Crippen LogP contribution in [0.2, 0.25) is 0 Å². The van der Waals surface area contributed by atoms with Gasteiger partial charge in [-0.15, -0.1) is 4.40 Å². The molecule has 1 fully saturated rings. The molecular weight excluding hydrogens is 382 g/mol. The van der Waals surface area contributed by atoms with Gasteiger partial charge < -0.3 is 15.0 Å². The van der Waals surface area contributed by atoms with Crippen molar-refractivity contribution in [3.05, 3.63) is 29.8 Å². The highest BCUT2D eigenvalue weighted by Crippen LogP contribution is 2.29. The van der Waals surface area contributed by atoms with Crippen LogP contribution >= 0.6 is 0 Å². The number of piperidine rings is 1. The summed E-state index contributed by atoms with van der Waals surface area (Å²) >= 11 is 0. The molecule has 0 spiro atoms. The molecule has 2 aliphatic rings. The lowest BCUT2D eigenvalue weighted by Crippen LogP contribution is -2.41. The quantitative estimate of drug-likeness (QED) is 0.563. The van der Waals surface area contributed by atoms with E-state index in [0.29, 0.717) is 43.9 Å². The first-order valence-corrected chi connectivity index (χ1v) is 11.0. The minimum Gasteiger partial charge on any atom is -0.455 e. The SMILES string of the molecule is CCCCNC(=O)COC(=O)C1CCN(C2=NS(=O)(=O)c3ccccc32)CC1. The number of hydrogen-bond acceptors (Lipinski definition) is 6. The van der Waals surface area contributed by atoms with Gasteiger partial charge in [-0.25, -0.2) is 0 Å². The Morgan fingerprint density at radius 1 is 1.25 bits per heavy atom. The van der Waals surface area contributed by atoms with Crippen LogP contribution in [-0.2, 0) is 24.3 Å². The zero-order valence-electron chi connectivity index (χ0n) is 15.9. The minimum atomic E-state index is -3.65. The molecule has 28 heavy (non-hydrogen) atoms. The molecule has 0 unspecified atom stereocenters. The van der Waals surface area contributed by atoms with Gasteiger partial charge in [0.15, 0.2) is 12.4 Å². The van der Waals surface area contributed by atoms with Gasteiger partial charge in [0.2, 0.25) is 0 Å². The molecule has 1 aromatic carbocycles. The van der Waals surface area contributed by atoms with Gasteiger partial charge in [0.25, 0.3) is 15.9 Å². The third-order valence-electron chi connectivity index (χ3n) is 4.94. The fourth-order valence-corrected chi connectivity index (χ4v) is 4.58. The van der Waals surface area contributed by atoms with Crippen molar-refractivity contribution in [3.8, 4) is 0 Å². The molecule has 2 aliphatic heterocycles. The predicted molar refractivity (Wildman–Crippen MR) is 103 cm³/mol. The summed E-state index contributed by atoms with van der Waals surface area (Å²) in [7, 11) is -3.65. The van der Waals surface area contributed by atoms with Gasteiger partial charge in [-0.1, -0.05) is 25.5 Å². The summed E-state index contributed by atoms with van der Waals surface area (Å²) in [6, 6.07) is 6.76. The highest BCUT2D eigenvalue weighted by molar-refractivity contribution is 7.90. The molecule has 0 bridgehead atoms. The topological polar surface area (TPSA) is 105 Å². The van der Waals surface area contributed by atoms with E-state index in [-0.39, 0.29) is 29.3 Å². The highest BCUT2D eigenvalue weighted by atomic mass is 32.2. The number of unbranched alkanes of at least 4 members (excludes halogenated alkanes) is 1. The van der Waals surface area contributed by atoms with Gasteiger partial charge in [0.05, 0.1) is 5.92 Å². The molecule has 9 heteroatoms. The normalized spacial score (nSPS) is 18.3. The number of esters is 1. The van der Waals surface area contributed by atoms with Crippen molar-refractivity contribution in [2.75, 3.05) is 26.2 Å². The molecule has 152 valence electrons. The smallest absolute Gasteiger partial charge is 0.309 e. The number of nitrogens with zero attached hydrogens (tertiary/aromatic N) is 2. The summed E-state index contributed by atoms with van der Waals surface area (Å²) in [4.78, 5) is 26.0. The Morgan fingerprint density at radius 3 is 2.68 bits per heavy atom. The van der Waals surface area contributed by atoms with Gasteiger partial charge >= 0.3 is 5.97 Å². The van der Waals surface area contributed by atoms with Crippen LogP contribution in [0.5, 0.6) is 0 Å². The number of carbonyl (C=O) groups is 2. The highest BCUT2D eigenvalue weighted by Gasteiger charge is 2.34. The average molecular weight is 407 g/mol. The van der Waals surface area contributed by atoms with Crippen LogP contribution in [0.15, 0.2) is 33.6 Å². The number of rotatable bonds is 6. The molecule has 1 aromatic rings. The molecule has 3 rings (SSSR count). The lowest BCUT2D eigenvalue weighted by molar-refractivity contribution is -0.153. The number of ether oxygens (including phenoxy) is 1. The minimum absolute atomic E-state index is 0.223. The van der Waals surface area contributed by atoms with Crippen molar-refractivity contribution in [1.29, 1.82) is 0 Å². The summed E-state index contributed by atoms with van der Waals surface area (Å²) in [6.45, 7) is 3.36. The third-order valence-corrected chi connectivity index (χ3v) is 6.26. The molecule has 2 heterocycles. The summed E-state index contributed by atoms with van der Waals surface area (Å²) in [5.41, 5.74) is 0.604. The molecular formula is C19H25N3O5S. The molecule has 8 nitrogen and oxygen atoms in total. The van der Waals surface area contributed by atoms with Gasteiger partial charge in [0, 0.05) is 25.2 Å². The van der Waals surface area contributed by atoms with E-state index in [1.54, 1.807) is 24.3 Å². The Bertz CT molecular complexity index is 873. The molecule has 1 N–H and O–H groups in total. The first-order chi connectivity index (χ1) is 13.4. The molecule has 0 atom stereocenters. The fourth-order valence-electron chi connectivity index (χ4n) is 3.35. The van der Waals surface area contributed by atoms with Crippen LogP contribution in [0.4, 0.5) is 0 Å². The van der Waals surface area contributed by atoms with Crippen molar-refractivity contribution < 1.29 is 22.7 Å². The maximum Gasteiger partial charge on any atom is 0.309 e. The average Bonchev–Trinajstić information content (AvgIpc) is 2.98. The lowest BCUT2D eigenvalue weighted by atomic mass is 9.96. The van der Waals surface area contributed by atoms with Crippen molar-refractivity contribution in [2.45, 2.75) is 37.5 Å². The largest absolute Gasteiger partial charge is 0.455 e. The van der Waals surface area contributed by atoms with Crippen LogP contribution < -0.4 is 5.32 Å². The van der Waals surface area contributed by atoms with E-state index in [0.717, 1.165) is 12.8 Å². The number of hydrogen-bond donors (Lipinski definition) is 1. The maximum absolute atomic E-state index is 12.2. The number of benzene rings is 1. The van der Waals surface area contributed by atoms with E-state index in [9.17, 15) is 18.0 Å². The van der Waals surface area contributed by atoms with Crippen molar-refractivity contribution in [1.82, 2.24) is 10.2 Å². The summed E-state index contributed by atoms with van der Waals surface area (Å²) in [5.74, 6) is -0.528. The molecule has 1 saturated heterocycles. The summed E-state index contributed by atoms with van der Waals surface area (Å²) < 4.78 is 33.4. The van der Waals surface area contributed by atoms with Crippen LogP contribution in [0, 0.1) is 5.92 Å². The van der Waals surface area contributed by atoms with Crippen LogP contribution in [0.3, 0.4) is 0 Å². The zero-order chi connectivity index (χ0) is 20.1. The van der Waals surface area contributed by atoms with Crippen LogP contribution in [0.25, 0.3) is 0 Å². The van der Waals surface area contributed by atoms with Gasteiger partial charge in [-0.05, 0) is 31.4 Å². The fraction of sp³-hybridized carbons (Fsp3) is 0.526. The Labute approximate surface area is 165 Å². The molecule has 1 amide bonds. The second-order valence-corrected chi connectivity index (χ2v) is 8.53. The number of nitrogens with one attached hydrogen (secondary N) is 1. The second kappa shape index (κ2) is 8.72. The molecule has 0 aliphatic carbocycles. The number of carbonyl (C=O) groups excluding carboxylic acids is 2. The first kappa shape index (κ1) is 20.3.